The van der Waals surface area contributed by atoms with E-state index in [1.807, 2.05) is 12.1 Å². The summed E-state index contributed by atoms with van der Waals surface area (Å²) in [4.78, 5) is 2.17. The molecule has 1 aliphatic carbocycles. The Labute approximate surface area is 156 Å². The predicted octanol–water partition coefficient (Wildman–Crippen LogP) is 4.34. The van der Waals surface area contributed by atoms with Crippen molar-refractivity contribution in [1.82, 2.24) is 4.90 Å². The van der Waals surface area contributed by atoms with Gasteiger partial charge in [-0.3, -0.25) is 0 Å². The van der Waals surface area contributed by atoms with E-state index >= 15 is 0 Å². The number of hydrogen-bond acceptors (Lipinski definition) is 2. The van der Waals surface area contributed by atoms with E-state index < -0.39 is 0 Å². The molecule has 3 rings (SSSR count). The van der Waals surface area contributed by atoms with Gasteiger partial charge in [0.15, 0.2) is 0 Å². The average molecular weight is 355 g/mol. The third-order valence-electron chi connectivity index (χ3n) is 5.89. The molecule has 1 fully saturated rings. The molecule has 0 aliphatic heterocycles. The lowest BCUT2D eigenvalue weighted by atomic mass is 9.61. The molecule has 140 valence electrons. The maximum Gasteiger partial charge on any atom is 0.123 e. The summed E-state index contributed by atoms with van der Waals surface area (Å²) in [5.41, 5.74) is 3.83. The van der Waals surface area contributed by atoms with Crippen LogP contribution in [0.5, 0.6) is 0 Å². The van der Waals surface area contributed by atoms with Gasteiger partial charge in [0.25, 0.3) is 0 Å². The first-order chi connectivity index (χ1) is 12.4. The lowest BCUT2D eigenvalue weighted by Gasteiger charge is -2.45. The van der Waals surface area contributed by atoms with Crippen molar-refractivity contribution in [2.45, 2.75) is 44.1 Å². The number of aliphatic hydroxyl groups is 1. The van der Waals surface area contributed by atoms with Crippen LogP contribution in [-0.4, -0.2) is 36.8 Å². The van der Waals surface area contributed by atoms with E-state index in [0.29, 0.717) is 0 Å². The second kappa shape index (κ2) is 7.89. The van der Waals surface area contributed by atoms with Gasteiger partial charge in [-0.2, -0.15) is 0 Å². The van der Waals surface area contributed by atoms with Crippen molar-refractivity contribution < 1.29 is 9.50 Å². The number of nitrogens with zero attached hydrogens (tertiary/aromatic N) is 1. The maximum absolute atomic E-state index is 13.4. The minimum absolute atomic E-state index is 0.0108. The molecular formula is C23H30FNO. The Hall–Kier alpha value is -1.71. The first-order valence-electron chi connectivity index (χ1n) is 9.53. The normalized spacial score (nSPS) is 26.2. The molecule has 2 aromatic rings. The Morgan fingerprint density at radius 3 is 2.46 bits per heavy atom. The SMILES string of the molecule is Cc1ccccc1C1(Cc2ccc(F)cc2)CCC(O)C(CN(C)C)C1. The summed E-state index contributed by atoms with van der Waals surface area (Å²) in [5.74, 6) is 0.0575. The Balaban J connectivity index is 1.99. The predicted molar refractivity (Wildman–Crippen MR) is 105 cm³/mol. The van der Waals surface area contributed by atoms with Crippen LogP contribution in [0.25, 0.3) is 0 Å². The lowest BCUT2D eigenvalue weighted by Crippen LogP contribution is -2.44. The largest absolute Gasteiger partial charge is 0.393 e. The molecule has 0 aromatic heterocycles. The van der Waals surface area contributed by atoms with Crippen molar-refractivity contribution in [2.75, 3.05) is 20.6 Å². The van der Waals surface area contributed by atoms with Gasteiger partial charge in [-0.05, 0) is 81.4 Å². The highest BCUT2D eigenvalue weighted by Gasteiger charge is 2.42. The topological polar surface area (TPSA) is 23.5 Å². The van der Waals surface area contributed by atoms with Crippen molar-refractivity contribution in [3.8, 4) is 0 Å². The van der Waals surface area contributed by atoms with Crippen LogP contribution >= 0.6 is 0 Å². The van der Waals surface area contributed by atoms with E-state index in [4.69, 9.17) is 0 Å². The molecule has 3 heteroatoms. The summed E-state index contributed by atoms with van der Waals surface area (Å²) >= 11 is 0. The van der Waals surface area contributed by atoms with Crippen LogP contribution in [0.3, 0.4) is 0 Å². The van der Waals surface area contributed by atoms with E-state index in [2.05, 4.69) is 50.2 Å². The molecule has 0 amide bonds. The van der Waals surface area contributed by atoms with Gasteiger partial charge in [0.1, 0.15) is 5.82 Å². The second-order valence-corrected chi connectivity index (χ2v) is 8.23. The minimum atomic E-state index is -0.247. The number of rotatable bonds is 5. The molecule has 0 saturated heterocycles. The first-order valence-corrected chi connectivity index (χ1v) is 9.53. The van der Waals surface area contributed by atoms with Crippen LogP contribution < -0.4 is 0 Å². The smallest absolute Gasteiger partial charge is 0.123 e. The van der Waals surface area contributed by atoms with Crippen LogP contribution in [0.15, 0.2) is 48.5 Å². The molecule has 1 saturated carbocycles. The highest BCUT2D eigenvalue weighted by Crippen LogP contribution is 2.45. The Morgan fingerprint density at radius 2 is 1.81 bits per heavy atom. The van der Waals surface area contributed by atoms with E-state index in [9.17, 15) is 9.50 Å². The summed E-state index contributed by atoms with van der Waals surface area (Å²) in [6, 6.07) is 15.5. The van der Waals surface area contributed by atoms with Gasteiger partial charge in [0, 0.05) is 12.0 Å². The molecule has 26 heavy (non-hydrogen) atoms. The fourth-order valence-electron chi connectivity index (χ4n) is 4.72. The zero-order chi connectivity index (χ0) is 18.7. The molecule has 2 aromatic carbocycles. The van der Waals surface area contributed by atoms with Crippen molar-refractivity contribution in [3.63, 3.8) is 0 Å². The molecule has 0 radical (unpaired) electrons. The zero-order valence-electron chi connectivity index (χ0n) is 16.1. The molecule has 3 atom stereocenters. The summed E-state index contributed by atoms with van der Waals surface area (Å²) in [5, 5.41) is 10.6. The van der Waals surface area contributed by atoms with E-state index in [1.165, 1.54) is 11.1 Å². The van der Waals surface area contributed by atoms with Crippen molar-refractivity contribution >= 4 is 0 Å². The third-order valence-corrected chi connectivity index (χ3v) is 5.89. The molecule has 0 spiro atoms. The Morgan fingerprint density at radius 1 is 1.12 bits per heavy atom. The van der Waals surface area contributed by atoms with Gasteiger partial charge < -0.3 is 10.0 Å². The number of aryl methyl sites for hydroxylation is 1. The van der Waals surface area contributed by atoms with Gasteiger partial charge >= 0.3 is 0 Å². The van der Waals surface area contributed by atoms with Gasteiger partial charge in [-0.15, -0.1) is 0 Å². The Kier molecular flexibility index (Phi) is 5.79. The molecule has 1 N–H and O–H groups in total. The number of benzene rings is 2. The van der Waals surface area contributed by atoms with Crippen molar-refractivity contribution in [3.05, 3.63) is 71.0 Å². The van der Waals surface area contributed by atoms with E-state index in [0.717, 1.165) is 37.8 Å². The Bertz CT molecular complexity index is 727. The van der Waals surface area contributed by atoms with E-state index in [-0.39, 0.29) is 23.3 Å². The average Bonchev–Trinajstić information content (AvgIpc) is 2.60. The maximum atomic E-state index is 13.4. The van der Waals surface area contributed by atoms with Crippen LogP contribution in [0.1, 0.15) is 36.0 Å². The quantitative estimate of drug-likeness (QED) is 0.862. The highest BCUT2D eigenvalue weighted by atomic mass is 19.1. The number of hydrogen-bond donors (Lipinski definition) is 1. The fraction of sp³-hybridized carbons (Fsp3) is 0.478. The van der Waals surface area contributed by atoms with Crippen LogP contribution in [0.2, 0.25) is 0 Å². The summed E-state index contributed by atoms with van der Waals surface area (Å²) in [7, 11) is 4.13. The molecular weight excluding hydrogens is 325 g/mol. The molecule has 0 bridgehead atoms. The minimum Gasteiger partial charge on any atom is -0.393 e. The van der Waals surface area contributed by atoms with Crippen LogP contribution in [0.4, 0.5) is 4.39 Å². The van der Waals surface area contributed by atoms with Crippen LogP contribution in [-0.2, 0) is 11.8 Å². The molecule has 3 unspecified atom stereocenters. The molecule has 2 nitrogen and oxygen atoms in total. The van der Waals surface area contributed by atoms with Gasteiger partial charge in [0.2, 0.25) is 0 Å². The first kappa shape index (κ1) is 19.1. The number of aliphatic hydroxyl groups excluding tert-OH is 1. The molecule has 1 aliphatic rings. The van der Waals surface area contributed by atoms with Crippen molar-refractivity contribution in [1.29, 1.82) is 0 Å². The standard InChI is InChI=1S/C23H30FNO/c1-17-6-4-5-7-21(17)23(14-18-8-10-20(24)11-9-18)13-12-22(26)19(15-23)16-25(2)3/h4-11,19,22,26H,12-16H2,1-3H3. The monoisotopic (exact) mass is 355 g/mol. The molecule has 0 heterocycles. The van der Waals surface area contributed by atoms with Crippen LogP contribution in [0, 0.1) is 18.7 Å². The summed E-state index contributed by atoms with van der Waals surface area (Å²) in [6.07, 6.45) is 3.36. The number of halogens is 1. The second-order valence-electron chi connectivity index (χ2n) is 8.23. The highest BCUT2D eigenvalue weighted by molar-refractivity contribution is 5.36. The third kappa shape index (κ3) is 4.16. The fourth-order valence-corrected chi connectivity index (χ4v) is 4.72. The van der Waals surface area contributed by atoms with Gasteiger partial charge in [-0.25, -0.2) is 4.39 Å². The van der Waals surface area contributed by atoms with Gasteiger partial charge in [0.05, 0.1) is 6.10 Å². The lowest BCUT2D eigenvalue weighted by molar-refractivity contribution is 0.0235. The van der Waals surface area contributed by atoms with Gasteiger partial charge in [-0.1, -0.05) is 36.4 Å². The van der Waals surface area contributed by atoms with Crippen molar-refractivity contribution in [2.24, 2.45) is 5.92 Å². The van der Waals surface area contributed by atoms with E-state index in [1.54, 1.807) is 12.1 Å². The zero-order valence-corrected chi connectivity index (χ0v) is 16.1. The summed E-state index contributed by atoms with van der Waals surface area (Å²) < 4.78 is 13.4. The summed E-state index contributed by atoms with van der Waals surface area (Å²) in [6.45, 7) is 3.06.